The van der Waals surface area contributed by atoms with Crippen LogP contribution >= 0.6 is 0 Å². The molecule has 0 aliphatic heterocycles. The highest BCUT2D eigenvalue weighted by Crippen LogP contribution is 2.36. The summed E-state index contributed by atoms with van der Waals surface area (Å²) < 4.78 is 5.51. The molecule has 0 saturated heterocycles. The van der Waals surface area contributed by atoms with Gasteiger partial charge in [0.15, 0.2) is 0 Å². The highest BCUT2D eigenvalue weighted by atomic mass is 16.3. The van der Waals surface area contributed by atoms with Crippen LogP contribution in [0.5, 0.6) is 0 Å². The monoisotopic (exact) mass is 257 g/mol. The molecular formula is C17H23NO. The van der Waals surface area contributed by atoms with Crippen molar-refractivity contribution in [3.05, 3.63) is 35.6 Å². The number of furan rings is 1. The highest BCUT2D eigenvalue weighted by Gasteiger charge is 2.27. The first-order chi connectivity index (χ1) is 9.29. The number of hydrogen-bond acceptors (Lipinski definition) is 2. The summed E-state index contributed by atoms with van der Waals surface area (Å²) in [6.45, 7) is 6.88. The second-order valence-electron chi connectivity index (χ2n) is 5.89. The minimum atomic E-state index is 0.737. The van der Waals surface area contributed by atoms with E-state index < -0.39 is 0 Å². The summed E-state index contributed by atoms with van der Waals surface area (Å²) in [6, 6.07) is 6.50. The van der Waals surface area contributed by atoms with Crippen molar-refractivity contribution in [1.82, 2.24) is 5.32 Å². The average molecular weight is 257 g/mol. The highest BCUT2D eigenvalue weighted by molar-refractivity contribution is 5.82. The van der Waals surface area contributed by atoms with Gasteiger partial charge in [-0.25, -0.2) is 0 Å². The van der Waals surface area contributed by atoms with E-state index in [-0.39, 0.29) is 0 Å². The predicted molar refractivity (Wildman–Crippen MR) is 79.4 cm³/mol. The van der Waals surface area contributed by atoms with E-state index >= 15 is 0 Å². The number of benzene rings is 1. The van der Waals surface area contributed by atoms with Gasteiger partial charge in [-0.05, 0) is 67.4 Å². The molecule has 3 rings (SSSR count). The number of fused-ring (bicyclic) bond motifs is 3. The van der Waals surface area contributed by atoms with Crippen LogP contribution in [0.15, 0.2) is 28.9 Å². The lowest BCUT2D eigenvalue weighted by atomic mass is 9.91. The van der Waals surface area contributed by atoms with Crippen LogP contribution in [0.25, 0.3) is 11.0 Å². The molecule has 1 N–H and O–H groups in total. The molecule has 2 aromatic rings. The summed E-state index contributed by atoms with van der Waals surface area (Å²) in [5, 5.41) is 4.88. The van der Waals surface area contributed by atoms with E-state index in [2.05, 4.69) is 37.4 Å². The largest absolute Gasteiger partial charge is 0.464 e. The zero-order valence-electron chi connectivity index (χ0n) is 11.9. The number of hydrogen-bond donors (Lipinski definition) is 1. The zero-order chi connectivity index (χ0) is 13.2. The lowest BCUT2D eigenvalue weighted by Gasteiger charge is -2.19. The van der Waals surface area contributed by atoms with Gasteiger partial charge in [0, 0.05) is 5.39 Å². The molecule has 1 aromatic carbocycles. The lowest BCUT2D eigenvalue weighted by molar-refractivity contribution is 0.355. The van der Waals surface area contributed by atoms with Crippen molar-refractivity contribution < 1.29 is 4.42 Å². The Morgan fingerprint density at radius 1 is 1.32 bits per heavy atom. The normalized spacial score (nSPS) is 19.8. The second kappa shape index (κ2) is 5.38. The molecule has 0 saturated carbocycles. The Labute approximate surface area is 115 Å². The molecule has 0 fully saturated rings. The predicted octanol–water partition coefficient (Wildman–Crippen LogP) is 3.78. The summed E-state index contributed by atoms with van der Waals surface area (Å²) in [7, 11) is 0. The number of rotatable bonds is 5. The molecule has 2 atom stereocenters. The molecule has 102 valence electrons. The van der Waals surface area contributed by atoms with E-state index in [4.69, 9.17) is 4.42 Å². The maximum Gasteiger partial charge on any atom is 0.134 e. The topological polar surface area (TPSA) is 25.2 Å². The fourth-order valence-corrected chi connectivity index (χ4v) is 3.27. The molecule has 2 heteroatoms. The molecule has 1 aromatic heterocycles. The summed E-state index contributed by atoms with van der Waals surface area (Å²) >= 11 is 0. The van der Waals surface area contributed by atoms with E-state index in [0.717, 1.165) is 30.5 Å². The van der Waals surface area contributed by atoms with Gasteiger partial charge in [0.2, 0.25) is 0 Å². The van der Waals surface area contributed by atoms with Gasteiger partial charge < -0.3 is 9.73 Å². The molecule has 0 radical (unpaired) electrons. The lowest BCUT2D eigenvalue weighted by Crippen LogP contribution is -2.27. The third-order valence-corrected chi connectivity index (χ3v) is 4.49. The first-order valence-corrected chi connectivity index (χ1v) is 7.48. The van der Waals surface area contributed by atoms with Gasteiger partial charge in [-0.2, -0.15) is 0 Å². The van der Waals surface area contributed by atoms with E-state index in [1.54, 1.807) is 0 Å². The van der Waals surface area contributed by atoms with Crippen molar-refractivity contribution in [3.63, 3.8) is 0 Å². The fraction of sp³-hybridized carbons (Fsp3) is 0.529. The Morgan fingerprint density at radius 3 is 3.05 bits per heavy atom. The van der Waals surface area contributed by atoms with Crippen molar-refractivity contribution in [1.29, 1.82) is 0 Å². The maximum atomic E-state index is 5.51. The third kappa shape index (κ3) is 2.42. The molecule has 2 unspecified atom stereocenters. The molecule has 1 aliphatic rings. The molecule has 1 aliphatic carbocycles. The van der Waals surface area contributed by atoms with E-state index in [1.165, 1.54) is 35.8 Å². The van der Waals surface area contributed by atoms with Crippen LogP contribution < -0.4 is 5.32 Å². The molecule has 1 heterocycles. The quantitative estimate of drug-likeness (QED) is 0.825. The van der Waals surface area contributed by atoms with Gasteiger partial charge in [0.05, 0.1) is 6.26 Å². The van der Waals surface area contributed by atoms with Crippen LogP contribution in [0.1, 0.15) is 31.4 Å². The molecule has 0 spiro atoms. The summed E-state index contributed by atoms with van der Waals surface area (Å²) in [5.41, 5.74) is 4.09. The Morgan fingerprint density at radius 2 is 2.21 bits per heavy atom. The Kier molecular flexibility index (Phi) is 3.61. The Balaban J connectivity index is 1.72. The van der Waals surface area contributed by atoms with Crippen LogP contribution in [-0.4, -0.2) is 13.1 Å². The van der Waals surface area contributed by atoms with Gasteiger partial charge in [-0.15, -0.1) is 0 Å². The summed E-state index contributed by atoms with van der Waals surface area (Å²) in [6.07, 6.45) is 5.46. The maximum absolute atomic E-state index is 5.51. The minimum absolute atomic E-state index is 0.737. The van der Waals surface area contributed by atoms with Crippen LogP contribution in [0.2, 0.25) is 0 Å². The minimum Gasteiger partial charge on any atom is -0.464 e. The van der Waals surface area contributed by atoms with Crippen molar-refractivity contribution in [2.24, 2.45) is 11.8 Å². The first-order valence-electron chi connectivity index (χ1n) is 7.48. The zero-order valence-corrected chi connectivity index (χ0v) is 11.9. The van der Waals surface area contributed by atoms with Crippen molar-refractivity contribution >= 4 is 11.0 Å². The van der Waals surface area contributed by atoms with Crippen molar-refractivity contribution in [3.8, 4) is 0 Å². The Bertz CT molecular complexity index is 557. The van der Waals surface area contributed by atoms with Gasteiger partial charge >= 0.3 is 0 Å². The average Bonchev–Trinajstić information content (AvgIpc) is 3.04. The smallest absolute Gasteiger partial charge is 0.134 e. The first kappa shape index (κ1) is 12.7. The van der Waals surface area contributed by atoms with E-state index in [9.17, 15) is 0 Å². The SMILES string of the molecule is CCCNCC(C)C1Cc2ccc3occc3c2C1. The van der Waals surface area contributed by atoms with Crippen LogP contribution in [-0.2, 0) is 12.8 Å². The van der Waals surface area contributed by atoms with Gasteiger partial charge in [-0.1, -0.05) is 19.9 Å². The molecule has 2 nitrogen and oxygen atoms in total. The standard InChI is InChI=1S/C17H23NO/c1-3-7-18-11-12(2)14-9-13-4-5-17-15(6-8-19-17)16(13)10-14/h4-6,8,12,14,18H,3,7,9-11H2,1-2H3. The number of nitrogens with one attached hydrogen (secondary N) is 1. The van der Waals surface area contributed by atoms with Crippen molar-refractivity contribution in [2.75, 3.05) is 13.1 Å². The third-order valence-electron chi connectivity index (χ3n) is 4.49. The van der Waals surface area contributed by atoms with Crippen molar-refractivity contribution in [2.45, 2.75) is 33.1 Å². The van der Waals surface area contributed by atoms with Crippen LogP contribution in [0, 0.1) is 11.8 Å². The fourth-order valence-electron chi connectivity index (χ4n) is 3.27. The van der Waals surface area contributed by atoms with E-state index in [1.807, 2.05) is 6.26 Å². The van der Waals surface area contributed by atoms with Gasteiger partial charge in [0.25, 0.3) is 0 Å². The molecular weight excluding hydrogens is 234 g/mol. The van der Waals surface area contributed by atoms with Crippen LogP contribution in [0.3, 0.4) is 0 Å². The van der Waals surface area contributed by atoms with Gasteiger partial charge in [-0.3, -0.25) is 0 Å². The van der Waals surface area contributed by atoms with Crippen LogP contribution in [0.4, 0.5) is 0 Å². The summed E-state index contributed by atoms with van der Waals surface area (Å²) in [4.78, 5) is 0. The van der Waals surface area contributed by atoms with E-state index in [0.29, 0.717) is 0 Å². The molecule has 19 heavy (non-hydrogen) atoms. The summed E-state index contributed by atoms with van der Waals surface area (Å²) in [5.74, 6) is 1.51. The van der Waals surface area contributed by atoms with Gasteiger partial charge in [0.1, 0.15) is 5.58 Å². The molecule has 0 amide bonds. The Hall–Kier alpha value is -1.28. The second-order valence-corrected chi connectivity index (χ2v) is 5.89. The molecule has 0 bridgehead atoms.